The van der Waals surface area contributed by atoms with E-state index in [4.69, 9.17) is 19.8 Å². The molecule has 2 N–H and O–H groups in total. The molecule has 1 aliphatic rings. The van der Waals surface area contributed by atoms with E-state index >= 15 is 0 Å². The van der Waals surface area contributed by atoms with Gasteiger partial charge in [0.25, 0.3) is 0 Å². The Kier molecular flexibility index (Phi) is 5.17. The van der Waals surface area contributed by atoms with Crippen LogP contribution in [0.25, 0.3) is 0 Å². The van der Waals surface area contributed by atoms with Gasteiger partial charge in [-0.1, -0.05) is 0 Å². The van der Waals surface area contributed by atoms with Crippen LogP contribution in [0.2, 0.25) is 0 Å². The number of aliphatic carboxylic acids is 2. The Morgan fingerprint density at radius 3 is 2.33 bits per heavy atom. The van der Waals surface area contributed by atoms with Crippen LogP contribution in [0.15, 0.2) is 0 Å². The largest absolute Gasteiger partial charge is 0.473 e. The van der Waals surface area contributed by atoms with E-state index in [9.17, 15) is 0 Å². The molecule has 0 spiro atoms. The van der Waals surface area contributed by atoms with Crippen LogP contribution in [-0.2, 0) is 9.59 Å². The Morgan fingerprint density at radius 2 is 2.00 bits per heavy atom. The Labute approximate surface area is 108 Å². The van der Waals surface area contributed by atoms with Gasteiger partial charge in [0.1, 0.15) is 10.8 Å². The summed E-state index contributed by atoms with van der Waals surface area (Å²) >= 11 is 1.56. The fraction of sp³-hybridized carbons (Fsp3) is 0.600. The second-order valence-electron chi connectivity index (χ2n) is 4.04. The average Bonchev–Trinajstić information content (AvgIpc) is 2.88. The van der Waals surface area contributed by atoms with E-state index in [2.05, 4.69) is 21.3 Å². The fourth-order valence-corrected chi connectivity index (χ4v) is 2.40. The van der Waals surface area contributed by atoms with Crippen molar-refractivity contribution in [1.82, 2.24) is 14.3 Å². The quantitative estimate of drug-likeness (QED) is 0.715. The standard InChI is InChI=1S/C8H13N3S.C2H2O4/c1-6-9-8(12-10-6)7-3-4-11(2)5-7;3-1(4)2(5)6/h7H,3-5H2,1-2H3;(H,3,4)(H,5,6). The van der Waals surface area contributed by atoms with Crippen LogP contribution in [0, 0.1) is 6.92 Å². The van der Waals surface area contributed by atoms with Gasteiger partial charge in [0, 0.05) is 12.5 Å². The van der Waals surface area contributed by atoms with Crippen LogP contribution in [0.3, 0.4) is 0 Å². The third kappa shape index (κ3) is 4.38. The highest BCUT2D eigenvalue weighted by atomic mass is 32.1. The number of likely N-dealkylation sites (tertiary alicyclic amines) is 1. The van der Waals surface area contributed by atoms with Crippen molar-refractivity contribution in [1.29, 1.82) is 0 Å². The van der Waals surface area contributed by atoms with Crippen LogP contribution < -0.4 is 0 Å². The molecule has 0 saturated carbocycles. The minimum atomic E-state index is -1.82. The molecule has 100 valence electrons. The third-order valence-electron chi connectivity index (χ3n) is 2.47. The van der Waals surface area contributed by atoms with Gasteiger partial charge in [-0.15, -0.1) is 0 Å². The lowest BCUT2D eigenvalue weighted by Crippen LogP contribution is -2.13. The molecular weight excluding hydrogens is 258 g/mol. The molecule has 0 aliphatic carbocycles. The second-order valence-corrected chi connectivity index (χ2v) is 4.82. The zero-order valence-corrected chi connectivity index (χ0v) is 11.0. The van der Waals surface area contributed by atoms with E-state index in [0.29, 0.717) is 5.92 Å². The van der Waals surface area contributed by atoms with Crippen molar-refractivity contribution in [2.75, 3.05) is 20.1 Å². The zero-order chi connectivity index (χ0) is 13.7. The maximum atomic E-state index is 9.10. The highest BCUT2D eigenvalue weighted by Gasteiger charge is 2.23. The first-order valence-corrected chi connectivity index (χ1v) is 6.12. The van der Waals surface area contributed by atoms with Gasteiger partial charge in [-0.2, -0.15) is 4.37 Å². The third-order valence-corrected chi connectivity index (χ3v) is 3.43. The number of aryl methyl sites for hydroxylation is 1. The molecule has 2 rings (SSSR count). The maximum absolute atomic E-state index is 9.10. The van der Waals surface area contributed by atoms with E-state index in [1.54, 1.807) is 11.5 Å². The first-order valence-electron chi connectivity index (χ1n) is 5.35. The van der Waals surface area contributed by atoms with Crippen molar-refractivity contribution in [2.45, 2.75) is 19.3 Å². The predicted octanol–water partition coefficient (Wildman–Crippen LogP) is 0.421. The van der Waals surface area contributed by atoms with Gasteiger partial charge >= 0.3 is 11.9 Å². The molecular formula is C10H15N3O4S. The van der Waals surface area contributed by atoms with E-state index < -0.39 is 11.9 Å². The molecule has 0 bridgehead atoms. The van der Waals surface area contributed by atoms with Crippen LogP contribution in [0.5, 0.6) is 0 Å². The van der Waals surface area contributed by atoms with Crippen molar-refractivity contribution in [3.63, 3.8) is 0 Å². The Balaban J connectivity index is 0.000000232. The molecule has 8 heteroatoms. The van der Waals surface area contributed by atoms with Crippen LogP contribution >= 0.6 is 11.5 Å². The van der Waals surface area contributed by atoms with Crippen molar-refractivity contribution < 1.29 is 19.8 Å². The van der Waals surface area contributed by atoms with Gasteiger partial charge in [0.05, 0.1) is 0 Å². The average molecular weight is 273 g/mol. The second kappa shape index (κ2) is 6.41. The molecule has 0 aromatic carbocycles. The lowest BCUT2D eigenvalue weighted by atomic mass is 10.1. The van der Waals surface area contributed by atoms with Crippen LogP contribution in [0.1, 0.15) is 23.2 Å². The molecule has 0 radical (unpaired) electrons. The van der Waals surface area contributed by atoms with E-state index in [1.165, 1.54) is 18.0 Å². The van der Waals surface area contributed by atoms with Gasteiger partial charge in [-0.05, 0) is 38.5 Å². The lowest BCUT2D eigenvalue weighted by Gasteiger charge is -2.05. The topological polar surface area (TPSA) is 104 Å². The number of rotatable bonds is 1. The van der Waals surface area contributed by atoms with Gasteiger partial charge in [0.2, 0.25) is 0 Å². The molecule has 1 saturated heterocycles. The molecule has 2 heterocycles. The summed E-state index contributed by atoms with van der Waals surface area (Å²) in [5.74, 6) is -2.09. The predicted molar refractivity (Wildman–Crippen MR) is 64.8 cm³/mol. The number of nitrogens with zero attached hydrogens (tertiary/aromatic N) is 3. The van der Waals surface area contributed by atoms with Crippen LogP contribution in [-0.4, -0.2) is 56.5 Å². The van der Waals surface area contributed by atoms with Crippen molar-refractivity contribution in [2.24, 2.45) is 0 Å². The fourth-order valence-electron chi connectivity index (χ4n) is 1.62. The zero-order valence-electron chi connectivity index (χ0n) is 10.2. The van der Waals surface area contributed by atoms with E-state index in [-0.39, 0.29) is 0 Å². The molecule has 0 amide bonds. The first-order chi connectivity index (χ1) is 8.40. The Morgan fingerprint density at radius 1 is 1.39 bits per heavy atom. The number of aromatic nitrogens is 2. The Hall–Kier alpha value is -1.54. The molecule has 1 aromatic rings. The monoisotopic (exact) mass is 273 g/mol. The minimum absolute atomic E-state index is 0.640. The smallest absolute Gasteiger partial charge is 0.414 e. The number of carboxylic acid groups (broad SMARTS) is 2. The summed E-state index contributed by atoms with van der Waals surface area (Å²) in [5, 5.41) is 16.0. The molecule has 1 atom stereocenters. The van der Waals surface area contributed by atoms with Crippen molar-refractivity contribution in [3.05, 3.63) is 10.8 Å². The molecule has 1 aromatic heterocycles. The summed E-state index contributed by atoms with van der Waals surface area (Å²) in [5.41, 5.74) is 0. The summed E-state index contributed by atoms with van der Waals surface area (Å²) in [4.78, 5) is 25.0. The molecule has 1 unspecified atom stereocenters. The molecule has 1 aliphatic heterocycles. The lowest BCUT2D eigenvalue weighted by molar-refractivity contribution is -0.159. The highest BCUT2D eigenvalue weighted by Crippen LogP contribution is 2.26. The number of carboxylic acids is 2. The highest BCUT2D eigenvalue weighted by molar-refractivity contribution is 7.05. The molecule has 18 heavy (non-hydrogen) atoms. The van der Waals surface area contributed by atoms with E-state index in [0.717, 1.165) is 12.4 Å². The Bertz CT molecular complexity index is 423. The summed E-state index contributed by atoms with van der Waals surface area (Å²) < 4.78 is 4.20. The normalized spacial score (nSPS) is 19.1. The van der Waals surface area contributed by atoms with Crippen LogP contribution in [0.4, 0.5) is 0 Å². The number of hydrogen-bond acceptors (Lipinski definition) is 6. The van der Waals surface area contributed by atoms with Crippen molar-refractivity contribution >= 4 is 23.5 Å². The first kappa shape index (κ1) is 14.5. The van der Waals surface area contributed by atoms with Gasteiger partial charge in [-0.25, -0.2) is 14.6 Å². The minimum Gasteiger partial charge on any atom is -0.473 e. The number of hydrogen-bond donors (Lipinski definition) is 2. The molecule has 1 fully saturated rings. The summed E-state index contributed by atoms with van der Waals surface area (Å²) in [6.07, 6.45) is 1.24. The van der Waals surface area contributed by atoms with Gasteiger partial charge < -0.3 is 15.1 Å². The maximum Gasteiger partial charge on any atom is 0.414 e. The van der Waals surface area contributed by atoms with Gasteiger partial charge in [0.15, 0.2) is 0 Å². The summed E-state index contributed by atoms with van der Waals surface area (Å²) in [7, 11) is 2.16. The summed E-state index contributed by atoms with van der Waals surface area (Å²) in [6, 6.07) is 0. The SMILES string of the molecule is Cc1nsc(C2CCN(C)C2)n1.O=C(O)C(=O)O. The number of likely N-dealkylation sites (N-methyl/N-ethyl adjacent to an activating group) is 1. The van der Waals surface area contributed by atoms with E-state index in [1.807, 2.05) is 6.92 Å². The van der Waals surface area contributed by atoms with Crippen molar-refractivity contribution in [3.8, 4) is 0 Å². The number of carbonyl (C=O) groups is 2. The summed E-state index contributed by atoms with van der Waals surface area (Å²) in [6.45, 7) is 4.30. The van der Waals surface area contributed by atoms with Gasteiger partial charge in [-0.3, -0.25) is 0 Å². The molecule has 7 nitrogen and oxygen atoms in total.